The summed E-state index contributed by atoms with van der Waals surface area (Å²) < 4.78 is 5.70. The van der Waals surface area contributed by atoms with Crippen molar-refractivity contribution >= 4 is 27.6 Å². The quantitative estimate of drug-likeness (QED) is 0.314. The van der Waals surface area contributed by atoms with Gasteiger partial charge in [0, 0.05) is 21.3 Å². The smallest absolute Gasteiger partial charge is 0.336 e. The monoisotopic (exact) mass is 418 g/mol. The molecule has 0 bridgehead atoms. The number of anilines is 1. The number of carbonyl (C=O) groups excluding carboxylic acids is 1. The maximum absolute atomic E-state index is 12.3. The fourth-order valence-electron chi connectivity index (χ4n) is 2.46. The summed E-state index contributed by atoms with van der Waals surface area (Å²) in [6.45, 7) is 1.55. The standard InChI is InChI=1S/C19H19BrN2O4/c1-13-3-9-16(10-4-13)21-11-17(19(23)26-2)18(12-22(24)25)14-5-7-15(20)8-6-14/h3-11,18,21H,12H2,1-2H3/b17-11-. The number of nitrogens with one attached hydrogen (secondary N) is 1. The van der Waals surface area contributed by atoms with Crippen LogP contribution in [0.1, 0.15) is 17.0 Å². The molecular formula is C19H19BrN2O4. The Hall–Kier alpha value is -2.67. The van der Waals surface area contributed by atoms with Crippen LogP contribution in [0.3, 0.4) is 0 Å². The van der Waals surface area contributed by atoms with E-state index >= 15 is 0 Å². The van der Waals surface area contributed by atoms with Gasteiger partial charge in [-0.2, -0.15) is 0 Å². The van der Waals surface area contributed by atoms with Gasteiger partial charge in [0.25, 0.3) is 0 Å². The lowest BCUT2D eigenvalue weighted by atomic mass is 9.91. The first-order valence-corrected chi connectivity index (χ1v) is 8.69. The summed E-state index contributed by atoms with van der Waals surface area (Å²) in [6.07, 6.45) is 1.48. The van der Waals surface area contributed by atoms with Gasteiger partial charge >= 0.3 is 5.97 Å². The predicted octanol–water partition coefficient (Wildman–Crippen LogP) is 4.29. The van der Waals surface area contributed by atoms with E-state index in [9.17, 15) is 14.9 Å². The lowest BCUT2D eigenvalue weighted by Crippen LogP contribution is -2.21. The molecule has 0 amide bonds. The number of nitro groups is 1. The van der Waals surface area contributed by atoms with Gasteiger partial charge in [-0.05, 0) is 36.8 Å². The summed E-state index contributed by atoms with van der Waals surface area (Å²) in [5.41, 5.74) is 2.72. The van der Waals surface area contributed by atoms with Crippen molar-refractivity contribution in [3.05, 3.63) is 86.0 Å². The second kappa shape index (κ2) is 9.15. The molecule has 0 aromatic heterocycles. The number of hydrogen-bond donors (Lipinski definition) is 1. The highest BCUT2D eigenvalue weighted by molar-refractivity contribution is 9.10. The van der Waals surface area contributed by atoms with Crippen LogP contribution in [0.2, 0.25) is 0 Å². The van der Waals surface area contributed by atoms with Crippen molar-refractivity contribution in [2.75, 3.05) is 19.0 Å². The maximum atomic E-state index is 12.3. The van der Waals surface area contributed by atoms with Crippen molar-refractivity contribution in [2.24, 2.45) is 0 Å². The number of aryl methyl sites for hydroxylation is 1. The predicted molar refractivity (Wildman–Crippen MR) is 104 cm³/mol. The Bertz CT molecular complexity index is 801. The third-order valence-corrected chi connectivity index (χ3v) is 4.38. The molecule has 0 radical (unpaired) electrons. The first kappa shape index (κ1) is 19.7. The van der Waals surface area contributed by atoms with Gasteiger partial charge in [-0.15, -0.1) is 0 Å². The first-order valence-electron chi connectivity index (χ1n) is 7.89. The number of esters is 1. The molecule has 0 spiro atoms. The third kappa shape index (κ3) is 5.42. The van der Waals surface area contributed by atoms with Crippen LogP contribution in [-0.2, 0) is 9.53 Å². The number of carbonyl (C=O) groups is 1. The molecule has 0 aliphatic heterocycles. The summed E-state index contributed by atoms with van der Waals surface area (Å²) in [4.78, 5) is 23.0. The molecule has 1 unspecified atom stereocenters. The Kier molecular flexibility index (Phi) is 6.91. The lowest BCUT2D eigenvalue weighted by Gasteiger charge is -2.16. The van der Waals surface area contributed by atoms with Crippen LogP contribution in [0.25, 0.3) is 0 Å². The minimum atomic E-state index is -0.733. The maximum Gasteiger partial charge on any atom is 0.336 e. The molecule has 2 rings (SSSR count). The molecular weight excluding hydrogens is 400 g/mol. The van der Waals surface area contributed by atoms with Crippen LogP contribution in [-0.4, -0.2) is 24.5 Å². The van der Waals surface area contributed by atoms with Crippen LogP contribution in [0.15, 0.2) is 64.8 Å². The third-order valence-electron chi connectivity index (χ3n) is 3.85. The summed E-state index contributed by atoms with van der Waals surface area (Å²) >= 11 is 3.34. The number of rotatable bonds is 7. The van der Waals surface area contributed by atoms with Crippen LogP contribution >= 0.6 is 15.9 Å². The molecule has 0 aliphatic carbocycles. The number of halogens is 1. The summed E-state index contributed by atoms with van der Waals surface area (Å²) in [7, 11) is 1.26. The first-order chi connectivity index (χ1) is 12.4. The minimum Gasteiger partial charge on any atom is -0.466 e. The van der Waals surface area contributed by atoms with Crippen LogP contribution in [0, 0.1) is 17.0 Å². The number of hydrogen-bond acceptors (Lipinski definition) is 5. The molecule has 0 saturated heterocycles. The summed E-state index contributed by atoms with van der Waals surface area (Å²) in [5, 5.41) is 14.2. The van der Waals surface area contributed by atoms with Crippen molar-refractivity contribution in [1.82, 2.24) is 0 Å². The lowest BCUT2D eigenvalue weighted by molar-refractivity contribution is -0.481. The largest absolute Gasteiger partial charge is 0.466 e. The van der Waals surface area contributed by atoms with Gasteiger partial charge in [0.15, 0.2) is 0 Å². The highest BCUT2D eigenvalue weighted by Gasteiger charge is 2.28. The Labute approximate surface area is 160 Å². The van der Waals surface area contributed by atoms with Crippen molar-refractivity contribution < 1.29 is 14.5 Å². The molecule has 7 heteroatoms. The average molecular weight is 419 g/mol. The molecule has 136 valence electrons. The van der Waals surface area contributed by atoms with E-state index in [1.54, 1.807) is 24.3 Å². The Balaban J connectivity index is 2.39. The molecule has 2 aromatic rings. The van der Waals surface area contributed by atoms with Crippen LogP contribution in [0.4, 0.5) is 5.69 Å². The molecule has 0 saturated carbocycles. The molecule has 0 heterocycles. The Morgan fingerprint density at radius 1 is 1.23 bits per heavy atom. The van der Waals surface area contributed by atoms with E-state index < -0.39 is 23.4 Å². The zero-order valence-corrected chi connectivity index (χ0v) is 16.0. The van der Waals surface area contributed by atoms with Gasteiger partial charge in [-0.3, -0.25) is 10.1 Å². The normalized spacial score (nSPS) is 12.3. The zero-order chi connectivity index (χ0) is 19.1. The van der Waals surface area contributed by atoms with Gasteiger partial charge in [-0.1, -0.05) is 45.8 Å². The van der Waals surface area contributed by atoms with E-state index in [0.717, 1.165) is 15.7 Å². The molecule has 2 aromatic carbocycles. The van der Waals surface area contributed by atoms with Crippen molar-refractivity contribution in [1.29, 1.82) is 0 Å². The number of nitrogens with zero attached hydrogens (tertiary/aromatic N) is 1. The Morgan fingerprint density at radius 2 is 1.85 bits per heavy atom. The molecule has 6 nitrogen and oxygen atoms in total. The van der Waals surface area contributed by atoms with Crippen molar-refractivity contribution in [3.63, 3.8) is 0 Å². The zero-order valence-electron chi connectivity index (χ0n) is 14.4. The van der Waals surface area contributed by atoms with E-state index in [4.69, 9.17) is 4.74 Å². The van der Waals surface area contributed by atoms with E-state index in [1.807, 2.05) is 31.2 Å². The van der Waals surface area contributed by atoms with E-state index in [1.165, 1.54) is 13.3 Å². The van der Waals surface area contributed by atoms with E-state index in [-0.39, 0.29) is 5.57 Å². The highest BCUT2D eigenvalue weighted by Crippen LogP contribution is 2.27. The summed E-state index contributed by atoms with van der Waals surface area (Å²) in [6, 6.07) is 14.6. The fourth-order valence-corrected chi connectivity index (χ4v) is 2.72. The van der Waals surface area contributed by atoms with E-state index in [0.29, 0.717) is 5.56 Å². The second-order valence-electron chi connectivity index (χ2n) is 5.72. The molecule has 0 fully saturated rings. The van der Waals surface area contributed by atoms with Crippen molar-refractivity contribution in [3.8, 4) is 0 Å². The summed E-state index contributed by atoms with van der Waals surface area (Å²) in [5.74, 6) is -1.34. The van der Waals surface area contributed by atoms with Gasteiger partial charge in [0.05, 0.1) is 18.6 Å². The number of methoxy groups -OCH3 is 1. The highest BCUT2D eigenvalue weighted by atomic mass is 79.9. The molecule has 1 atom stereocenters. The molecule has 1 N–H and O–H groups in total. The van der Waals surface area contributed by atoms with Gasteiger partial charge < -0.3 is 10.1 Å². The van der Waals surface area contributed by atoms with Crippen molar-refractivity contribution in [2.45, 2.75) is 12.8 Å². The average Bonchev–Trinajstić information content (AvgIpc) is 2.62. The van der Waals surface area contributed by atoms with E-state index in [2.05, 4.69) is 21.2 Å². The second-order valence-corrected chi connectivity index (χ2v) is 6.64. The fraction of sp³-hybridized carbons (Fsp3) is 0.211. The number of benzene rings is 2. The van der Waals surface area contributed by atoms with Gasteiger partial charge in [0.2, 0.25) is 6.54 Å². The SMILES string of the molecule is COC(=O)/C(=C\Nc1ccc(C)cc1)C(C[N+](=O)[O-])c1ccc(Br)cc1. The van der Waals surface area contributed by atoms with Gasteiger partial charge in [-0.25, -0.2) is 4.79 Å². The minimum absolute atomic E-state index is 0.187. The van der Waals surface area contributed by atoms with Gasteiger partial charge in [0.1, 0.15) is 0 Å². The Morgan fingerprint density at radius 3 is 2.38 bits per heavy atom. The molecule has 0 aliphatic rings. The van der Waals surface area contributed by atoms with Crippen LogP contribution < -0.4 is 5.32 Å². The van der Waals surface area contributed by atoms with Crippen LogP contribution in [0.5, 0.6) is 0 Å². The number of ether oxygens (including phenoxy) is 1. The topological polar surface area (TPSA) is 81.5 Å². The molecule has 26 heavy (non-hydrogen) atoms.